The molecule has 0 radical (unpaired) electrons. The summed E-state index contributed by atoms with van der Waals surface area (Å²) in [6, 6.07) is 0. The number of fused-ring (bicyclic) bond motifs is 1. The highest BCUT2D eigenvalue weighted by Crippen LogP contribution is 2.18. The Morgan fingerprint density at radius 1 is 1.00 bits per heavy atom. The van der Waals surface area contributed by atoms with Crippen LogP contribution in [0.15, 0.2) is 6.33 Å². The van der Waals surface area contributed by atoms with E-state index in [1.807, 2.05) is 0 Å². The number of aromatic nitrogens is 4. The third-order valence-electron chi connectivity index (χ3n) is 4.25. The number of carbonyl (C=O) groups is 1. The van der Waals surface area contributed by atoms with Crippen molar-refractivity contribution in [2.24, 2.45) is 7.05 Å². The van der Waals surface area contributed by atoms with E-state index in [1.54, 1.807) is 11.6 Å². The molecule has 2 aromatic rings. The van der Waals surface area contributed by atoms with Crippen molar-refractivity contribution in [2.45, 2.75) is 85.0 Å². The summed E-state index contributed by atoms with van der Waals surface area (Å²) in [6.45, 7) is 6.61. The van der Waals surface area contributed by atoms with Crippen molar-refractivity contribution < 1.29 is 9.18 Å². The molecule has 6 nitrogen and oxygen atoms in total. The first-order chi connectivity index (χ1) is 13.0. The summed E-state index contributed by atoms with van der Waals surface area (Å²) in [7, 11) is 1.71. The van der Waals surface area contributed by atoms with Crippen LogP contribution in [-0.4, -0.2) is 25.4 Å². The number of nitrogens with one attached hydrogen (secondary N) is 1. The number of anilines is 1. The van der Waals surface area contributed by atoms with Gasteiger partial charge in [-0.2, -0.15) is 14.4 Å². The molecule has 7 heteroatoms. The summed E-state index contributed by atoms with van der Waals surface area (Å²) >= 11 is 0. The van der Waals surface area contributed by atoms with Gasteiger partial charge in [0.25, 0.3) is 0 Å². The van der Waals surface area contributed by atoms with Gasteiger partial charge >= 0.3 is 6.08 Å². The SMILES string of the molecule is CCCCCC.CCCCCCCC(=O)Nc1nc(F)nc2c1ncn2C. The molecular weight excluding hydrogens is 345 g/mol. The van der Waals surface area contributed by atoms with Crippen LogP contribution in [-0.2, 0) is 11.8 Å². The Labute approximate surface area is 162 Å². The van der Waals surface area contributed by atoms with Gasteiger partial charge < -0.3 is 9.88 Å². The molecule has 2 aromatic heterocycles. The maximum absolute atomic E-state index is 13.4. The highest BCUT2D eigenvalue weighted by Gasteiger charge is 2.14. The number of amides is 1. The molecule has 0 fully saturated rings. The van der Waals surface area contributed by atoms with Crippen LogP contribution >= 0.6 is 0 Å². The van der Waals surface area contributed by atoms with Crippen molar-refractivity contribution in [3.8, 4) is 0 Å². The Bertz CT molecular complexity index is 682. The molecule has 27 heavy (non-hydrogen) atoms. The molecule has 1 N–H and O–H groups in total. The number of hydrogen-bond donors (Lipinski definition) is 1. The maximum Gasteiger partial charge on any atom is 0.312 e. The van der Waals surface area contributed by atoms with Crippen LogP contribution in [0, 0.1) is 6.08 Å². The lowest BCUT2D eigenvalue weighted by Crippen LogP contribution is -2.14. The van der Waals surface area contributed by atoms with Crippen LogP contribution in [0.2, 0.25) is 0 Å². The van der Waals surface area contributed by atoms with Crippen LogP contribution in [0.1, 0.15) is 85.0 Å². The molecule has 0 aliphatic carbocycles. The average molecular weight is 380 g/mol. The first-order valence-electron chi connectivity index (χ1n) is 10.2. The molecule has 0 atom stereocenters. The van der Waals surface area contributed by atoms with Gasteiger partial charge in [-0.3, -0.25) is 4.79 Å². The molecule has 0 aromatic carbocycles. The zero-order chi connectivity index (χ0) is 20.1. The highest BCUT2D eigenvalue weighted by molar-refractivity contribution is 5.96. The molecule has 0 aliphatic rings. The topological polar surface area (TPSA) is 72.7 Å². The molecule has 1 amide bonds. The van der Waals surface area contributed by atoms with E-state index in [9.17, 15) is 9.18 Å². The van der Waals surface area contributed by atoms with Crippen molar-refractivity contribution in [3.63, 3.8) is 0 Å². The monoisotopic (exact) mass is 379 g/mol. The Morgan fingerprint density at radius 2 is 1.59 bits per heavy atom. The van der Waals surface area contributed by atoms with E-state index < -0.39 is 6.08 Å². The Balaban J connectivity index is 0.000000527. The van der Waals surface area contributed by atoms with Crippen molar-refractivity contribution in [2.75, 3.05) is 5.32 Å². The number of carbonyl (C=O) groups excluding carboxylic acids is 1. The van der Waals surface area contributed by atoms with Gasteiger partial charge in [0.1, 0.15) is 0 Å². The second-order valence-corrected chi connectivity index (χ2v) is 6.79. The fourth-order valence-electron chi connectivity index (χ4n) is 2.65. The zero-order valence-electron chi connectivity index (χ0n) is 17.2. The molecule has 0 aliphatic heterocycles. The summed E-state index contributed by atoms with van der Waals surface area (Å²) in [5.41, 5.74) is 0.763. The van der Waals surface area contributed by atoms with E-state index in [-0.39, 0.29) is 11.7 Å². The van der Waals surface area contributed by atoms with Gasteiger partial charge in [-0.15, -0.1) is 0 Å². The van der Waals surface area contributed by atoms with E-state index in [0.717, 1.165) is 19.3 Å². The summed E-state index contributed by atoms with van der Waals surface area (Å²) < 4.78 is 15.0. The van der Waals surface area contributed by atoms with E-state index in [4.69, 9.17) is 0 Å². The molecule has 0 spiro atoms. The van der Waals surface area contributed by atoms with E-state index in [0.29, 0.717) is 17.6 Å². The second kappa shape index (κ2) is 13.2. The quantitative estimate of drug-likeness (QED) is 0.444. The Morgan fingerprint density at radius 3 is 2.22 bits per heavy atom. The number of aryl methyl sites for hydroxylation is 1. The Hall–Kier alpha value is -2.05. The zero-order valence-corrected chi connectivity index (χ0v) is 17.2. The fraction of sp³-hybridized carbons (Fsp3) is 0.700. The summed E-state index contributed by atoms with van der Waals surface area (Å²) in [6.07, 6.45) is 11.9. The predicted molar refractivity (Wildman–Crippen MR) is 108 cm³/mol. The van der Waals surface area contributed by atoms with Gasteiger partial charge in [-0.05, 0) is 6.42 Å². The van der Waals surface area contributed by atoms with Crippen LogP contribution in [0.25, 0.3) is 11.2 Å². The second-order valence-electron chi connectivity index (χ2n) is 6.79. The van der Waals surface area contributed by atoms with Crippen molar-refractivity contribution in [1.29, 1.82) is 0 Å². The van der Waals surface area contributed by atoms with E-state index >= 15 is 0 Å². The fourth-order valence-corrected chi connectivity index (χ4v) is 2.65. The van der Waals surface area contributed by atoms with E-state index in [2.05, 4.69) is 41.0 Å². The van der Waals surface area contributed by atoms with Crippen LogP contribution in [0.4, 0.5) is 10.2 Å². The minimum Gasteiger partial charge on any atom is -0.318 e. The minimum atomic E-state index is -0.871. The number of hydrogen-bond acceptors (Lipinski definition) is 4. The largest absolute Gasteiger partial charge is 0.318 e. The molecule has 152 valence electrons. The van der Waals surface area contributed by atoms with Gasteiger partial charge in [0, 0.05) is 13.5 Å². The third-order valence-corrected chi connectivity index (χ3v) is 4.25. The molecule has 0 saturated heterocycles. The van der Waals surface area contributed by atoms with Gasteiger partial charge in [0.15, 0.2) is 17.0 Å². The minimum absolute atomic E-state index is 0.136. The molecular formula is C20H34FN5O. The van der Waals surface area contributed by atoms with Crippen molar-refractivity contribution in [3.05, 3.63) is 12.4 Å². The van der Waals surface area contributed by atoms with Gasteiger partial charge in [-0.25, -0.2) is 4.98 Å². The van der Waals surface area contributed by atoms with Crippen LogP contribution in [0.3, 0.4) is 0 Å². The molecule has 0 bridgehead atoms. The van der Waals surface area contributed by atoms with Crippen LogP contribution < -0.4 is 5.32 Å². The summed E-state index contributed by atoms with van der Waals surface area (Å²) in [5, 5.41) is 2.62. The summed E-state index contributed by atoms with van der Waals surface area (Å²) in [5.74, 6) is -0.0341. The Kier molecular flexibility index (Phi) is 11.2. The van der Waals surface area contributed by atoms with Gasteiger partial charge in [-0.1, -0.05) is 72.1 Å². The third kappa shape index (κ3) is 8.45. The number of imidazole rings is 1. The van der Waals surface area contributed by atoms with E-state index in [1.165, 1.54) is 44.9 Å². The van der Waals surface area contributed by atoms with Gasteiger partial charge in [0.05, 0.1) is 6.33 Å². The summed E-state index contributed by atoms with van der Waals surface area (Å²) in [4.78, 5) is 23.3. The molecule has 0 saturated carbocycles. The standard InChI is InChI=1S/C14H20FN5O.C6H14/c1-3-4-5-6-7-8-10(21)17-12-11-13(19-14(15)18-12)20(2)9-16-11;1-3-5-6-4-2/h9H,3-8H2,1-2H3,(H,17,18,19,21);3-6H2,1-2H3. The number of rotatable bonds is 10. The first kappa shape index (κ1) is 23.0. The lowest BCUT2D eigenvalue weighted by molar-refractivity contribution is -0.116. The number of nitrogens with zero attached hydrogens (tertiary/aromatic N) is 4. The molecule has 2 rings (SSSR count). The van der Waals surface area contributed by atoms with Crippen molar-refractivity contribution in [1.82, 2.24) is 19.5 Å². The maximum atomic E-state index is 13.4. The average Bonchev–Trinajstić information content (AvgIpc) is 3.01. The number of unbranched alkanes of at least 4 members (excludes halogenated alkanes) is 7. The normalized spacial score (nSPS) is 10.6. The van der Waals surface area contributed by atoms with Gasteiger partial charge in [0.2, 0.25) is 5.91 Å². The predicted octanol–water partition coefficient (Wildman–Crippen LogP) is 5.39. The lowest BCUT2D eigenvalue weighted by Gasteiger charge is -2.05. The number of halogens is 1. The van der Waals surface area contributed by atoms with Crippen molar-refractivity contribution >= 4 is 22.9 Å². The highest BCUT2D eigenvalue weighted by atomic mass is 19.1. The smallest absolute Gasteiger partial charge is 0.312 e. The first-order valence-corrected chi connectivity index (χ1v) is 10.2. The molecule has 0 unspecified atom stereocenters. The lowest BCUT2D eigenvalue weighted by atomic mass is 10.1. The molecule has 2 heterocycles. The van der Waals surface area contributed by atoms with Crippen LogP contribution in [0.5, 0.6) is 0 Å².